The van der Waals surface area contributed by atoms with Crippen molar-refractivity contribution in [1.82, 2.24) is 0 Å². The van der Waals surface area contributed by atoms with Crippen LogP contribution < -0.4 is 11.5 Å². The number of rotatable bonds is 0. The molecule has 0 aromatic heterocycles. The van der Waals surface area contributed by atoms with Crippen molar-refractivity contribution < 1.29 is 0 Å². The minimum Gasteiger partial charge on any atom is -0.399 e. The van der Waals surface area contributed by atoms with Gasteiger partial charge in [-0.15, -0.1) is 0 Å². The lowest BCUT2D eigenvalue weighted by Gasteiger charge is -1.92. The van der Waals surface area contributed by atoms with Crippen molar-refractivity contribution in [2.75, 3.05) is 11.5 Å². The Bertz CT molecular complexity index is 762. The Hall–Kier alpha value is -2.45. The molecule has 3 heteroatoms. The van der Waals surface area contributed by atoms with Gasteiger partial charge in [-0.05, 0) is 83.3 Å². The summed E-state index contributed by atoms with van der Waals surface area (Å²) < 4.78 is 1.22. The van der Waals surface area contributed by atoms with E-state index in [0.29, 0.717) is 0 Å². The van der Waals surface area contributed by atoms with Gasteiger partial charge in [0.1, 0.15) is 0 Å². The Labute approximate surface area is 150 Å². The first kappa shape index (κ1) is 16.9. The van der Waals surface area contributed by atoms with Crippen LogP contribution in [0.2, 0.25) is 0 Å². The summed E-state index contributed by atoms with van der Waals surface area (Å²) in [6.45, 7) is 0. The van der Waals surface area contributed by atoms with E-state index in [1.165, 1.54) is 3.57 Å². The SMILES string of the molecule is Nc1ccc(C#Cc2ccccc2)cc1.Nc1ccc(I)cc1. The zero-order valence-electron chi connectivity index (χ0n) is 12.5. The van der Waals surface area contributed by atoms with Gasteiger partial charge in [-0.25, -0.2) is 0 Å². The lowest BCUT2D eigenvalue weighted by atomic mass is 10.2. The molecule has 114 valence electrons. The van der Waals surface area contributed by atoms with Gasteiger partial charge in [0.25, 0.3) is 0 Å². The van der Waals surface area contributed by atoms with E-state index in [-0.39, 0.29) is 0 Å². The molecule has 23 heavy (non-hydrogen) atoms. The molecule has 0 amide bonds. The number of nitrogens with two attached hydrogens (primary N) is 2. The van der Waals surface area contributed by atoms with E-state index in [2.05, 4.69) is 34.4 Å². The van der Waals surface area contributed by atoms with Gasteiger partial charge >= 0.3 is 0 Å². The number of hydrogen-bond donors (Lipinski definition) is 2. The minimum atomic E-state index is 0.764. The van der Waals surface area contributed by atoms with Gasteiger partial charge in [-0.1, -0.05) is 30.0 Å². The molecule has 3 rings (SSSR count). The zero-order chi connectivity index (χ0) is 16.5. The van der Waals surface area contributed by atoms with Crippen LogP contribution in [0.25, 0.3) is 0 Å². The maximum Gasteiger partial charge on any atom is 0.0314 e. The van der Waals surface area contributed by atoms with E-state index in [1.54, 1.807) is 0 Å². The van der Waals surface area contributed by atoms with Crippen LogP contribution >= 0.6 is 22.6 Å². The predicted octanol–water partition coefficient (Wildman–Crippen LogP) is 4.54. The Kier molecular flexibility index (Phi) is 6.52. The van der Waals surface area contributed by atoms with Crippen molar-refractivity contribution in [3.63, 3.8) is 0 Å². The monoisotopic (exact) mass is 412 g/mol. The number of hydrogen-bond acceptors (Lipinski definition) is 2. The summed E-state index contributed by atoms with van der Waals surface area (Å²) in [7, 11) is 0. The molecule has 0 heterocycles. The summed E-state index contributed by atoms with van der Waals surface area (Å²) in [6.07, 6.45) is 0. The highest BCUT2D eigenvalue weighted by Gasteiger charge is 1.86. The first-order valence-corrected chi connectivity index (χ1v) is 8.15. The van der Waals surface area contributed by atoms with E-state index in [0.717, 1.165) is 22.5 Å². The minimum absolute atomic E-state index is 0.764. The third-order valence-electron chi connectivity index (χ3n) is 2.91. The van der Waals surface area contributed by atoms with Gasteiger partial charge in [-0.2, -0.15) is 0 Å². The summed E-state index contributed by atoms with van der Waals surface area (Å²) in [5.41, 5.74) is 14.6. The summed E-state index contributed by atoms with van der Waals surface area (Å²) >= 11 is 2.24. The molecule has 3 aromatic carbocycles. The van der Waals surface area contributed by atoms with Crippen molar-refractivity contribution in [2.45, 2.75) is 0 Å². The van der Waals surface area contributed by atoms with E-state index < -0.39 is 0 Å². The molecule has 0 saturated carbocycles. The molecule has 0 aliphatic carbocycles. The number of nitrogen functional groups attached to an aromatic ring is 2. The fourth-order valence-corrected chi connectivity index (χ4v) is 2.05. The molecule has 0 saturated heterocycles. The summed E-state index contributed by atoms with van der Waals surface area (Å²) in [5.74, 6) is 6.17. The number of benzene rings is 3. The zero-order valence-corrected chi connectivity index (χ0v) is 14.7. The van der Waals surface area contributed by atoms with Gasteiger partial charge in [-0.3, -0.25) is 0 Å². The number of anilines is 2. The molecule has 4 N–H and O–H groups in total. The maximum absolute atomic E-state index is 5.59. The van der Waals surface area contributed by atoms with Crippen LogP contribution in [-0.4, -0.2) is 0 Å². The lowest BCUT2D eigenvalue weighted by Crippen LogP contribution is -1.83. The molecule has 0 spiro atoms. The summed E-state index contributed by atoms with van der Waals surface area (Å²) in [6, 6.07) is 25.2. The average Bonchev–Trinajstić information content (AvgIpc) is 2.59. The van der Waals surface area contributed by atoms with Gasteiger partial charge in [0.05, 0.1) is 0 Å². The Morgan fingerprint density at radius 2 is 1.00 bits per heavy atom. The Morgan fingerprint density at radius 1 is 0.565 bits per heavy atom. The van der Waals surface area contributed by atoms with E-state index in [4.69, 9.17) is 11.5 Å². The Morgan fingerprint density at radius 3 is 1.48 bits per heavy atom. The van der Waals surface area contributed by atoms with Crippen LogP contribution in [0.5, 0.6) is 0 Å². The van der Waals surface area contributed by atoms with Gasteiger partial charge < -0.3 is 11.5 Å². The highest BCUT2D eigenvalue weighted by atomic mass is 127. The first-order chi connectivity index (χ1) is 11.1. The highest BCUT2D eigenvalue weighted by Crippen LogP contribution is 2.06. The van der Waals surface area contributed by atoms with Gasteiger partial charge in [0.15, 0.2) is 0 Å². The normalized spacial score (nSPS) is 9.09. The smallest absolute Gasteiger partial charge is 0.0314 e. The molecule has 0 fully saturated rings. The molecule has 2 nitrogen and oxygen atoms in total. The molecular weight excluding hydrogens is 395 g/mol. The van der Waals surface area contributed by atoms with E-state index in [9.17, 15) is 0 Å². The predicted molar refractivity (Wildman–Crippen MR) is 107 cm³/mol. The maximum atomic E-state index is 5.59. The van der Waals surface area contributed by atoms with Crippen LogP contribution in [0.1, 0.15) is 11.1 Å². The van der Waals surface area contributed by atoms with Crippen LogP contribution in [-0.2, 0) is 0 Å². The molecule has 0 bridgehead atoms. The third kappa shape index (κ3) is 6.45. The lowest BCUT2D eigenvalue weighted by molar-refractivity contribution is 1.62. The van der Waals surface area contributed by atoms with Gasteiger partial charge in [0, 0.05) is 26.1 Å². The highest BCUT2D eigenvalue weighted by molar-refractivity contribution is 14.1. The van der Waals surface area contributed by atoms with Gasteiger partial charge in [0.2, 0.25) is 0 Å². The van der Waals surface area contributed by atoms with Crippen LogP contribution in [0.3, 0.4) is 0 Å². The standard InChI is InChI=1S/C14H11N.C6H6IN/c15-14-10-8-13(9-11-14)7-6-12-4-2-1-3-5-12;7-5-1-3-6(8)4-2-5/h1-5,8-11H,15H2;1-4H,8H2. The molecule has 0 aliphatic heterocycles. The largest absolute Gasteiger partial charge is 0.399 e. The molecule has 0 unspecified atom stereocenters. The molecule has 0 radical (unpaired) electrons. The molecule has 0 atom stereocenters. The molecular formula is C20H17IN2. The fraction of sp³-hybridized carbons (Fsp3) is 0. The van der Waals surface area contributed by atoms with Crippen LogP contribution in [0, 0.1) is 15.4 Å². The summed E-state index contributed by atoms with van der Waals surface area (Å²) in [4.78, 5) is 0. The molecule has 3 aromatic rings. The second-order valence-electron chi connectivity index (χ2n) is 4.79. The van der Waals surface area contributed by atoms with Crippen molar-refractivity contribution >= 4 is 34.0 Å². The quantitative estimate of drug-likeness (QED) is 0.324. The second kappa shape index (κ2) is 8.86. The van der Waals surface area contributed by atoms with Crippen LogP contribution in [0.4, 0.5) is 11.4 Å². The number of halogens is 1. The van der Waals surface area contributed by atoms with Crippen molar-refractivity contribution in [3.05, 3.63) is 93.6 Å². The van der Waals surface area contributed by atoms with E-state index in [1.807, 2.05) is 78.9 Å². The Balaban J connectivity index is 0.000000203. The molecule has 0 aliphatic rings. The van der Waals surface area contributed by atoms with Crippen LogP contribution in [0.15, 0.2) is 78.9 Å². The van der Waals surface area contributed by atoms with Crippen molar-refractivity contribution in [1.29, 1.82) is 0 Å². The third-order valence-corrected chi connectivity index (χ3v) is 3.62. The topological polar surface area (TPSA) is 52.0 Å². The van der Waals surface area contributed by atoms with Crippen molar-refractivity contribution in [2.24, 2.45) is 0 Å². The average molecular weight is 412 g/mol. The van der Waals surface area contributed by atoms with E-state index >= 15 is 0 Å². The fourth-order valence-electron chi connectivity index (χ4n) is 1.70. The summed E-state index contributed by atoms with van der Waals surface area (Å²) in [5, 5.41) is 0. The van der Waals surface area contributed by atoms with Crippen molar-refractivity contribution in [3.8, 4) is 11.8 Å². The first-order valence-electron chi connectivity index (χ1n) is 7.07. The second-order valence-corrected chi connectivity index (χ2v) is 6.04.